The highest BCUT2D eigenvalue weighted by Gasteiger charge is 2.29. The van der Waals surface area contributed by atoms with Gasteiger partial charge in [-0.3, -0.25) is 9.89 Å². The van der Waals surface area contributed by atoms with E-state index in [9.17, 15) is 4.79 Å². The Kier molecular flexibility index (Phi) is 3.21. The summed E-state index contributed by atoms with van der Waals surface area (Å²) in [7, 11) is 1.69. The molecule has 0 aliphatic heterocycles. The van der Waals surface area contributed by atoms with Gasteiger partial charge in [0.25, 0.3) is 5.91 Å². The van der Waals surface area contributed by atoms with Gasteiger partial charge < -0.3 is 10.1 Å². The van der Waals surface area contributed by atoms with Gasteiger partial charge in [-0.05, 0) is 25.3 Å². The highest BCUT2D eigenvalue weighted by molar-refractivity contribution is 6.04. The molecule has 1 aromatic heterocycles. The fourth-order valence-corrected chi connectivity index (χ4v) is 2.75. The molecule has 2 unspecified atom stereocenters. The van der Waals surface area contributed by atoms with Crippen molar-refractivity contribution in [2.45, 2.75) is 31.4 Å². The fraction of sp³-hybridized carbons (Fsp3) is 0.429. The Labute approximate surface area is 111 Å². The predicted molar refractivity (Wildman–Crippen MR) is 72.0 cm³/mol. The zero-order valence-corrected chi connectivity index (χ0v) is 10.8. The standard InChI is InChI=1S/C14H17N3O2/c1-19-12-8-4-7-11(12)15-14(18)13-9-5-2-3-6-10(9)16-17-13/h2-3,5-6,11-12H,4,7-8H2,1H3,(H,15,18)(H,16,17). The number of carbonyl (C=O) groups is 1. The number of nitrogens with zero attached hydrogens (tertiary/aromatic N) is 1. The first-order valence-electron chi connectivity index (χ1n) is 6.56. The molecule has 2 atom stereocenters. The highest BCUT2D eigenvalue weighted by atomic mass is 16.5. The average molecular weight is 259 g/mol. The highest BCUT2D eigenvalue weighted by Crippen LogP contribution is 2.22. The molecule has 1 fully saturated rings. The van der Waals surface area contributed by atoms with E-state index in [0.29, 0.717) is 5.69 Å². The van der Waals surface area contributed by atoms with Crippen molar-refractivity contribution < 1.29 is 9.53 Å². The van der Waals surface area contributed by atoms with Gasteiger partial charge in [-0.25, -0.2) is 0 Å². The number of methoxy groups -OCH3 is 1. The average Bonchev–Trinajstić information content (AvgIpc) is 3.04. The zero-order valence-electron chi connectivity index (χ0n) is 10.8. The number of fused-ring (bicyclic) bond motifs is 1. The SMILES string of the molecule is COC1CCCC1NC(=O)c1n[nH]c2ccccc12. The topological polar surface area (TPSA) is 67.0 Å². The number of carbonyl (C=O) groups excluding carboxylic acids is 1. The van der Waals surface area contributed by atoms with E-state index < -0.39 is 0 Å². The van der Waals surface area contributed by atoms with Crippen LogP contribution in [0.3, 0.4) is 0 Å². The number of aromatic nitrogens is 2. The molecular weight excluding hydrogens is 242 g/mol. The largest absolute Gasteiger partial charge is 0.379 e. The Bertz CT molecular complexity index is 593. The lowest BCUT2D eigenvalue weighted by Gasteiger charge is -2.18. The molecule has 2 aromatic rings. The molecule has 5 heteroatoms. The molecule has 2 N–H and O–H groups in total. The minimum Gasteiger partial charge on any atom is -0.379 e. The van der Waals surface area contributed by atoms with E-state index >= 15 is 0 Å². The van der Waals surface area contributed by atoms with Crippen LogP contribution in [0.1, 0.15) is 29.8 Å². The zero-order chi connectivity index (χ0) is 13.2. The first-order valence-corrected chi connectivity index (χ1v) is 6.56. The maximum absolute atomic E-state index is 12.3. The van der Waals surface area contributed by atoms with Gasteiger partial charge in [-0.1, -0.05) is 18.2 Å². The molecule has 1 amide bonds. The molecule has 0 radical (unpaired) electrons. The maximum Gasteiger partial charge on any atom is 0.272 e. The van der Waals surface area contributed by atoms with Crippen LogP contribution in [-0.2, 0) is 4.74 Å². The van der Waals surface area contributed by atoms with E-state index in [0.717, 1.165) is 30.2 Å². The molecule has 100 valence electrons. The van der Waals surface area contributed by atoms with Crippen LogP contribution in [0.4, 0.5) is 0 Å². The van der Waals surface area contributed by atoms with Crippen molar-refractivity contribution in [3.8, 4) is 0 Å². The summed E-state index contributed by atoms with van der Waals surface area (Å²) in [6, 6.07) is 7.72. The van der Waals surface area contributed by atoms with Gasteiger partial charge in [0.05, 0.1) is 17.7 Å². The van der Waals surface area contributed by atoms with E-state index in [4.69, 9.17) is 4.74 Å². The lowest BCUT2D eigenvalue weighted by Crippen LogP contribution is -2.40. The minimum atomic E-state index is -0.133. The molecule has 0 spiro atoms. The second-order valence-corrected chi connectivity index (χ2v) is 4.90. The molecule has 19 heavy (non-hydrogen) atoms. The molecule has 1 aromatic carbocycles. The molecule has 1 saturated carbocycles. The third-order valence-electron chi connectivity index (χ3n) is 3.76. The van der Waals surface area contributed by atoms with Crippen molar-refractivity contribution in [1.29, 1.82) is 0 Å². The van der Waals surface area contributed by atoms with Gasteiger partial charge >= 0.3 is 0 Å². The first-order chi connectivity index (χ1) is 9.29. The second kappa shape index (κ2) is 5.01. The smallest absolute Gasteiger partial charge is 0.272 e. The number of hydrogen-bond donors (Lipinski definition) is 2. The van der Waals surface area contributed by atoms with Crippen molar-refractivity contribution in [2.24, 2.45) is 0 Å². The molecular formula is C14H17N3O2. The quantitative estimate of drug-likeness (QED) is 0.884. The van der Waals surface area contributed by atoms with E-state index in [-0.39, 0.29) is 18.1 Å². The Morgan fingerprint density at radius 3 is 3.11 bits per heavy atom. The lowest BCUT2D eigenvalue weighted by molar-refractivity contribution is 0.0720. The fourth-order valence-electron chi connectivity index (χ4n) is 2.75. The maximum atomic E-state index is 12.3. The Balaban J connectivity index is 1.80. The van der Waals surface area contributed by atoms with Crippen LogP contribution >= 0.6 is 0 Å². The number of hydrogen-bond acceptors (Lipinski definition) is 3. The van der Waals surface area contributed by atoms with Crippen molar-refractivity contribution in [2.75, 3.05) is 7.11 Å². The van der Waals surface area contributed by atoms with Gasteiger partial charge in [0.2, 0.25) is 0 Å². The third-order valence-corrected chi connectivity index (χ3v) is 3.76. The van der Waals surface area contributed by atoms with Crippen molar-refractivity contribution in [3.63, 3.8) is 0 Å². The Morgan fingerprint density at radius 2 is 2.26 bits per heavy atom. The predicted octanol–water partition coefficient (Wildman–Crippen LogP) is 1.86. The van der Waals surface area contributed by atoms with Crippen LogP contribution in [0.2, 0.25) is 0 Å². The van der Waals surface area contributed by atoms with E-state index in [1.165, 1.54) is 0 Å². The van der Waals surface area contributed by atoms with Gasteiger partial charge in [-0.2, -0.15) is 5.10 Å². The van der Waals surface area contributed by atoms with Crippen LogP contribution < -0.4 is 5.32 Å². The van der Waals surface area contributed by atoms with Crippen LogP contribution in [-0.4, -0.2) is 35.4 Å². The number of aromatic amines is 1. The van der Waals surface area contributed by atoms with Gasteiger partial charge in [0.1, 0.15) is 0 Å². The molecule has 1 aliphatic carbocycles. The van der Waals surface area contributed by atoms with Gasteiger partial charge in [0, 0.05) is 12.5 Å². The molecule has 5 nitrogen and oxygen atoms in total. The lowest BCUT2D eigenvalue weighted by atomic mass is 10.1. The number of H-pyrrole nitrogens is 1. The first kappa shape index (κ1) is 12.2. The van der Waals surface area contributed by atoms with Crippen LogP contribution in [0.25, 0.3) is 10.9 Å². The summed E-state index contributed by atoms with van der Waals surface area (Å²) < 4.78 is 5.39. The number of para-hydroxylation sites is 1. The van der Waals surface area contributed by atoms with Crippen molar-refractivity contribution >= 4 is 16.8 Å². The number of amides is 1. The van der Waals surface area contributed by atoms with Gasteiger partial charge in [-0.15, -0.1) is 0 Å². The van der Waals surface area contributed by atoms with Crippen molar-refractivity contribution in [3.05, 3.63) is 30.0 Å². The van der Waals surface area contributed by atoms with E-state index in [1.54, 1.807) is 7.11 Å². The summed E-state index contributed by atoms with van der Waals surface area (Å²) in [6.07, 6.45) is 3.18. The summed E-state index contributed by atoms with van der Waals surface area (Å²) >= 11 is 0. The third kappa shape index (κ3) is 2.21. The summed E-state index contributed by atoms with van der Waals surface area (Å²) in [6.45, 7) is 0. The molecule has 3 rings (SSSR count). The van der Waals surface area contributed by atoms with Crippen LogP contribution in [0, 0.1) is 0 Å². The van der Waals surface area contributed by atoms with E-state index in [1.807, 2.05) is 24.3 Å². The molecule has 0 bridgehead atoms. The Hall–Kier alpha value is -1.88. The number of rotatable bonds is 3. The number of ether oxygens (including phenoxy) is 1. The van der Waals surface area contributed by atoms with Gasteiger partial charge in [0.15, 0.2) is 5.69 Å². The summed E-state index contributed by atoms with van der Waals surface area (Å²) in [5, 5.41) is 10.9. The van der Waals surface area contributed by atoms with Crippen LogP contribution in [0.5, 0.6) is 0 Å². The second-order valence-electron chi connectivity index (χ2n) is 4.90. The molecule has 0 saturated heterocycles. The van der Waals surface area contributed by atoms with Crippen LogP contribution in [0.15, 0.2) is 24.3 Å². The summed E-state index contributed by atoms with van der Waals surface area (Å²) in [5.41, 5.74) is 1.33. The Morgan fingerprint density at radius 1 is 1.42 bits per heavy atom. The number of nitrogens with one attached hydrogen (secondary N) is 2. The van der Waals surface area contributed by atoms with E-state index in [2.05, 4.69) is 15.5 Å². The minimum absolute atomic E-state index is 0.0907. The number of benzene rings is 1. The summed E-state index contributed by atoms with van der Waals surface area (Å²) in [5.74, 6) is -0.133. The monoisotopic (exact) mass is 259 g/mol. The molecule has 1 heterocycles. The normalized spacial score (nSPS) is 22.8. The van der Waals surface area contributed by atoms with Crippen molar-refractivity contribution in [1.82, 2.24) is 15.5 Å². The summed E-state index contributed by atoms with van der Waals surface area (Å²) in [4.78, 5) is 12.3. The molecule has 1 aliphatic rings.